The van der Waals surface area contributed by atoms with Gasteiger partial charge in [0.25, 0.3) is 0 Å². The van der Waals surface area contributed by atoms with Crippen molar-refractivity contribution in [2.75, 3.05) is 39.3 Å². The molecule has 1 aliphatic rings. The molecule has 0 amide bonds. The van der Waals surface area contributed by atoms with E-state index in [2.05, 4.69) is 46.1 Å². The summed E-state index contributed by atoms with van der Waals surface area (Å²) in [7, 11) is -5.32. The summed E-state index contributed by atoms with van der Waals surface area (Å²) < 4.78 is 18.8. The Kier molecular flexibility index (Phi) is 17.7. The topological polar surface area (TPSA) is 151 Å². The van der Waals surface area contributed by atoms with Gasteiger partial charge in [-0.15, -0.1) is 0 Å². The first-order valence-corrected chi connectivity index (χ1v) is 11.9. The van der Waals surface area contributed by atoms with Crippen LogP contribution in [-0.4, -0.2) is 85.3 Å². The number of aliphatic hydroxyl groups is 3. The van der Waals surface area contributed by atoms with E-state index in [4.69, 9.17) is 4.74 Å². The van der Waals surface area contributed by atoms with Crippen LogP contribution in [-0.2, 0) is 13.8 Å². The van der Waals surface area contributed by atoms with Crippen LogP contribution >= 0.6 is 7.82 Å². The van der Waals surface area contributed by atoms with Crippen LogP contribution in [0.5, 0.6) is 0 Å². The first kappa shape index (κ1) is 31.1. The number of phosphoric ester groups is 1. The quantitative estimate of drug-likeness (QED) is 0.241. The number of hydrogen-bond donors (Lipinski definition) is 5. The highest BCUT2D eigenvalue weighted by atomic mass is 31.2. The molecule has 1 heterocycles. The summed E-state index contributed by atoms with van der Waals surface area (Å²) in [5, 5.41) is 27.7. The monoisotopic (exact) mass is 446 g/mol. The van der Waals surface area contributed by atoms with Crippen LogP contribution in [0.15, 0.2) is 0 Å². The third-order valence-electron chi connectivity index (χ3n) is 5.04. The van der Waals surface area contributed by atoms with Gasteiger partial charge in [-0.25, -0.2) is 0 Å². The van der Waals surface area contributed by atoms with E-state index in [1.807, 2.05) is 0 Å². The molecule has 178 valence electrons. The van der Waals surface area contributed by atoms with Crippen molar-refractivity contribution >= 4 is 7.82 Å². The number of aliphatic hydroxyl groups excluding tert-OH is 3. The molecule has 0 aromatic heterocycles. The molecule has 1 fully saturated rings. The summed E-state index contributed by atoms with van der Waals surface area (Å²) in [5.74, 6) is 0. The van der Waals surface area contributed by atoms with E-state index >= 15 is 0 Å². The molecule has 0 spiro atoms. The molecule has 1 aliphatic heterocycles. The normalized spacial score (nSPS) is 27.2. The summed E-state index contributed by atoms with van der Waals surface area (Å²) in [6.45, 7) is 22.3. The smallest absolute Gasteiger partial charge is 0.191 e. The molecule has 1 saturated heterocycles. The van der Waals surface area contributed by atoms with Gasteiger partial charge in [0.2, 0.25) is 0 Å². The predicted molar refractivity (Wildman–Crippen MR) is 106 cm³/mol. The van der Waals surface area contributed by atoms with Crippen LogP contribution in [0.1, 0.15) is 48.5 Å². The van der Waals surface area contributed by atoms with E-state index in [0.717, 1.165) is 0 Å². The first-order chi connectivity index (χ1) is 13.4. The van der Waals surface area contributed by atoms with Crippen molar-refractivity contribution < 1.29 is 48.7 Å². The maximum atomic E-state index is 10.3. The fourth-order valence-corrected chi connectivity index (χ4v) is 3.16. The third kappa shape index (κ3) is 13.7. The zero-order chi connectivity index (χ0) is 23.2. The van der Waals surface area contributed by atoms with E-state index in [9.17, 15) is 29.7 Å². The summed E-state index contributed by atoms with van der Waals surface area (Å²) in [6, 6.07) is 0. The van der Waals surface area contributed by atoms with Crippen LogP contribution < -0.4 is 19.6 Å². The molecule has 0 unspecified atom stereocenters. The number of phosphoric acid groups is 1. The standard InChI is InChI=1S/2C6H15N.C6H13O8P/c2*1-4-7(5-2)6-3;1-2-3(7)4(8)5(9)6(13-2)14-15(10,11)12/h2*4-6H2,1-3H3;2-9H,1H3,(H2,10,11,12)/t;;2-,3-,4+,5+,6+/m..0/s1. The molecule has 0 aliphatic carbocycles. The highest BCUT2D eigenvalue weighted by molar-refractivity contribution is 7.43. The Morgan fingerprint density at radius 3 is 1.38 bits per heavy atom. The third-order valence-corrected chi connectivity index (χ3v) is 5.51. The van der Waals surface area contributed by atoms with Gasteiger partial charge in [-0.05, 0) is 48.5 Å². The second kappa shape index (κ2) is 16.5. The van der Waals surface area contributed by atoms with Crippen molar-refractivity contribution in [1.82, 2.24) is 0 Å². The van der Waals surface area contributed by atoms with Gasteiger partial charge in [-0.1, -0.05) is 0 Å². The summed E-state index contributed by atoms with van der Waals surface area (Å²) in [6.07, 6.45) is -7.56. The van der Waals surface area contributed by atoms with Crippen LogP contribution in [0, 0.1) is 0 Å². The Hall–Kier alpha value is -0.130. The molecule has 0 saturated carbocycles. The maximum absolute atomic E-state index is 10.3. The Balaban J connectivity index is 0. The van der Waals surface area contributed by atoms with E-state index in [0.29, 0.717) is 0 Å². The molecule has 29 heavy (non-hydrogen) atoms. The van der Waals surface area contributed by atoms with Crippen molar-refractivity contribution in [2.45, 2.75) is 79.2 Å². The summed E-state index contributed by atoms with van der Waals surface area (Å²) >= 11 is 0. The minimum Gasteiger partial charge on any atom is -0.790 e. The summed E-state index contributed by atoms with van der Waals surface area (Å²) in [5.41, 5.74) is 0. The zero-order valence-corrected chi connectivity index (χ0v) is 19.9. The van der Waals surface area contributed by atoms with Crippen LogP contribution in [0.25, 0.3) is 0 Å². The number of ether oxygens (including phenoxy) is 1. The first-order valence-electron chi connectivity index (χ1n) is 10.5. The Morgan fingerprint density at radius 1 is 0.793 bits per heavy atom. The molecule has 1 rings (SSSR count). The second-order valence-corrected chi connectivity index (χ2v) is 7.96. The molecular formula is C18H43N2O8P. The SMILES string of the molecule is CC[NH+](CC)CC.CC[NH+](CC)CC.C[C@@H]1O[C@H](OP(=O)([O-])[O-])[C@H](O)[C@H](O)[C@H]1O. The van der Waals surface area contributed by atoms with Crippen molar-refractivity contribution in [3.63, 3.8) is 0 Å². The molecule has 5 atom stereocenters. The lowest BCUT2D eigenvalue weighted by Gasteiger charge is -2.42. The number of nitrogens with one attached hydrogen (secondary N) is 2. The molecule has 11 heteroatoms. The lowest BCUT2D eigenvalue weighted by molar-refractivity contribution is -0.894. The average molecular weight is 447 g/mol. The van der Waals surface area contributed by atoms with Crippen LogP contribution in [0.2, 0.25) is 0 Å². The van der Waals surface area contributed by atoms with Gasteiger partial charge in [0, 0.05) is 0 Å². The fraction of sp³-hybridized carbons (Fsp3) is 1.00. The van der Waals surface area contributed by atoms with Gasteiger partial charge in [-0.3, -0.25) is 0 Å². The molecule has 0 aromatic carbocycles. The predicted octanol–water partition coefficient (Wildman–Crippen LogP) is -3.48. The molecule has 0 aromatic rings. The van der Waals surface area contributed by atoms with E-state index < -0.39 is 38.5 Å². The molecule has 0 radical (unpaired) electrons. The lowest BCUT2D eigenvalue weighted by atomic mass is 10.0. The molecule has 0 bridgehead atoms. The van der Waals surface area contributed by atoms with Crippen LogP contribution in [0.3, 0.4) is 0 Å². The zero-order valence-electron chi connectivity index (χ0n) is 19.0. The average Bonchev–Trinajstić information content (AvgIpc) is 2.67. The fourth-order valence-electron chi connectivity index (χ4n) is 2.73. The van der Waals surface area contributed by atoms with Gasteiger partial charge >= 0.3 is 0 Å². The molecule has 5 N–H and O–H groups in total. The minimum atomic E-state index is -5.32. The number of hydrogen-bond acceptors (Lipinski definition) is 8. The van der Waals surface area contributed by atoms with E-state index in [-0.39, 0.29) is 0 Å². The van der Waals surface area contributed by atoms with Gasteiger partial charge in [-0.2, -0.15) is 0 Å². The second-order valence-electron chi connectivity index (χ2n) is 6.86. The summed E-state index contributed by atoms with van der Waals surface area (Å²) in [4.78, 5) is 23.9. The van der Waals surface area contributed by atoms with Crippen LogP contribution in [0.4, 0.5) is 0 Å². The highest BCUT2D eigenvalue weighted by Gasteiger charge is 2.42. The highest BCUT2D eigenvalue weighted by Crippen LogP contribution is 2.33. The number of quaternary nitrogens is 2. The Labute approximate surface area is 175 Å². The van der Waals surface area contributed by atoms with Crippen molar-refractivity contribution in [3.05, 3.63) is 0 Å². The largest absolute Gasteiger partial charge is 0.790 e. The maximum Gasteiger partial charge on any atom is 0.191 e. The molecule has 10 nitrogen and oxygen atoms in total. The van der Waals surface area contributed by atoms with Crippen molar-refractivity contribution in [3.8, 4) is 0 Å². The van der Waals surface area contributed by atoms with Gasteiger partial charge in [0.05, 0.1) is 53.2 Å². The van der Waals surface area contributed by atoms with E-state index in [1.54, 1.807) is 9.80 Å². The van der Waals surface area contributed by atoms with Gasteiger partial charge in [0.15, 0.2) is 6.29 Å². The number of rotatable bonds is 8. The Bertz CT molecular complexity index is 409. The van der Waals surface area contributed by atoms with Gasteiger partial charge in [0.1, 0.15) is 18.3 Å². The minimum absolute atomic E-state index is 0.958. The van der Waals surface area contributed by atoms with Gasteiger partial charge < -0.3 is 48.7 Å². The lowest BCUT2D eigenvalue weighted by Crippen LogP contribution is -3.11. The van der Waals surface area contributed by atoms with Crippen molar-refractivity contribution in [2.24, 2.45) is 0 Å². The molecular weight excluding hydrogens is 403 g/mol. The van der Waals surface area contributed by atoms with E-state index in [1.165, 1.54) is 46.2 Å². The van der Waals surface area contributed by atoms with Crippen molar-refractivity contribution in [1.29, 1.82) is 0 Å². The Morgan fingerprint density at radius 2 is 1.14 bits per heavy atom.